The van der Waals surface area contributed by atoms with Crippen molar-refractivity contribution in [2.45, 2.75) is 18.7 Å². The molecule has 1 aliphatic rings. The molecule has 0 radical (unpaired) electrons. The van der Waals surface area contributed by atoms with Gasteiger partial charge in [0.1, 0.15) is 29.9 Å². The maximum absolute atomic E-state index is 12.5. The average Bonchev–Trinajstić information content (AvgIpc) is 3.10. The van der Waals surface area contributed by atoms with Crippen molar-refractivity contribution in [1.29, 1.82) is 0 Å². The van der Waals surface area contributed by atoms with E-state index in [1.807, 2.05) is 30.3 Å². The van der Waals surface area contributed by atoms with Gasteiger partial charge in [-0.25, -0.2) is 0 Å². The van der Waals surface area contributed by atoms with E-state index in [1.54, 1.807) is 18.2 Å². The number of aromatic nitrogens is 3. The number of hydrogen-bond donors (Lipinski definition) is 4. The van der Waals surface area contributed by atoms with Crippen LogP contribution in [0.5, 0.6) is 5.75 Å². The number of aliphatic hydroxyl groups is 1. The van der Waals surface area contributed by atoms with E-state index >= 15 is 0 Å². The van der Waals surface area contributed by atoms with Gasteiger partial charge in [0.25, 0.3) is 0 Å². The molecular weight excluding hydrogens is 382 g/mol. The lowest BCUT2D eigenvalue weighted by Crippen LogP contribution is -2.45. The van der Waals surface area contributed by atoms with Crippen molar-refractivity contribution in [3.05, 3.63) is 70.8 Å². The SMILES string of the molecule is O=C1Nc2c(Cl)cccc2OC[C@@H]1NC(O)c1nnc(Cc2ccccc2)[nH]1. The summed E-state index contributed by atoms with van der Waals surface area (Å²) in [6, 6.07) is 14.1. The summed E-state index contributed by atoms with van der Waals surface area (Å²) in [6.07, 6.45) is -0.658. The molecule has 9 heteroatoms. The Morgan fingerprint density at radius 3 is 2.86 bits per heavy atom. The second-order valence-electron chi connectivity index (χ2n) is 6.35. The highest BCUT2D eigenvalue weighted by Crippen LogP contribution is 2.33. The standard InChI is InChI=1S/C19H18ClN5O3/c20-12-7-4-8-14-16(12)23-18(26)13(10-28-14)21-19(27)17-22-15(24-25-17)9-11-5-2-1-3-6-11/h1-8,13,19,21,27H,9-10H2,(H,23,26)(H,22,24,25)/t13-,19?/m0/s1. The number of nitrogens with zero attached hydrogens (tertiary/aromatic N) is 2. The first-order valence-electron chi connectivity index (χ1n) is 8.72. The van der Waals surface area contributed by atoms with Crippen molar-refractivity contribution >= 4 is 23.2 Å². The lowest BCUT2D eigenvalue weighted by Gasteiger charge is -2.17. The van der Waals surface area contributed by atoms with Gasteiger partial charge in [-0.15, -0.1) is 10.2 Å². The lowest BCUT2D eigenvalue weighted by molar-refractivity contribution is -0.119. The average molecular weight is 400 g/mol. The van der Waals surface area contributed by atoms with Gasteiger partial charge >= 0.3 is 0 Å². The Bertz CT molecular complexity index is 979. The van der Waals surface area contributed by atoms with Crippen LogP contribution in [-0.4, -0.2) is 38.8 Å². The third-order valence-corrected chi connectivity index (χ3v) is 4.64. The fourth-order valence-corrected chi connectivity index (χ4v) is 3.12. The highest BCUT2D eigenvalue weighted by Gasteiger charge is 2.28. The van der Waals surface area contributed by atoms with Crippen LogP contribution in [0.2, 0.25) is 5.02 Å². The number of anilines is 1. The van der Waals surface area contributed by atoms with Crippen LogP contribution >= 0.6 is 11.6 Å². The number of nitrogens with one attached hydrogen (secondary N) is 3. The predicted octanol–water partition coefficient (Wildman–Crippen LogP) is 2.03. The van der Waals surface area contributed by atoms with E-state index in [9.17, 15) is 9.90 Å². The van der Waals surface area contributed by atoms with Crippen molar-refractivity contribution < 1.29 is 14.6 Å². The third-order valence-electron chi connectivity index (χ3n) is 4.33. The molecule has 4 rings (SSSR count). The van der Waals surface area contributed by atoms with Gasteiger partial charge in [0.05, 0.1) is 5.02 Å². The van der Waals surface area contributed by atoms with Crippen LogP contribution < -0.4 is 15.4 Å². The smallest absolute Gasteiger partial charge is 0.245 e. The van der Waals surface area contributed by atoms with Crippen molar-refractivity contribution in [2.75, 3.05) is 11.9 Å². The number of halogens is 1. The Kier molecular flexibility index (Phi) is 5.25. The van der Waals surface area contributed by atoms with Crippen molar-refractivity contribution in [3.8, 4) is 5.75 Å². The monoisotopic (exact) mass is 399 g/mol. The molecule has 0 aliphatic carbocycles. The molecule has 0 saturated heterocycles. The zero-order chi connectivity index (χ0) is 19.5. The summed E-state index contributed by atoms with van der Waals surface area (Å²) in [6.45, 7) is 0.0290. The number of carbonyl (C=O) groups is 1. The van der Waals surface area contributed by atoms with Crippen molar-refractivity contribution in [2.24, 2.45) is 0 Å². The molecule has 3 aromatic rings. The van der Waals surface area contributed by atoms with E-state index in [0.717, 1.165) is 5.56 Å². The first-order chi connectivity index (χ1) is 13.6. The number of hydrogen-bond acceptors (Lipinski definition) is 6. The summed E-state index contributed by atoms with van der Waals surface area (Å²) in [4.78, 5) is 15.5. The molecule has 144 valence electrons. The first kappa shape index (κ1) is 18.4. The van der Waals surface area contributed by atoms with Crippen LogP contribution in [0.4, 0.5) is 5.69 Å². The van der Waals surface area contributed by atoms with Crippen LogP contribution in [0.1, 0.15) is 23.4 Å². The van der Waals surface area contributed by atoms with Gasteiger partial charge in [-0.3, -0.25) is 10.1 Å². The van der Waals surface area contributed by atoms with E-state index in [2.05, 4.69) is 25.8 Å². The van der Waals surface area contributed by atoms with Gasteiger partial charge in [0, 0.05) is 6.42 Å². The molecule has 4 N–H and O–H groups in total. The molecule has 0 saturated carbocycles. The molecule has 2 atom stereocenters. The van der Waals surface area contributed by atoms with Gasteiger partial charge in [-0.1, -0.05) is 48.0 Å². The Balaban J connectivity index is 1.42. The number of aromatic amines is 1. The van der Waals surface area contributed by atoms with Crippen LogP contribution in [0.25, 0.3) is 0 Å². The maximum Gasteiger partial charge on any atom is 0.245 e. The van der Waals surface area contributed by atoms with Crippen LogP contribution in [0.15, 0.2) is 48.5 Å². The molecule has 0 spiro atoms. The predicted molar refractivity (Wildman–Crippen MR) is 103 cm³/mol. The van der Waals surface area contributed by atoms with E-state index < -0.39 is 12.3 Å². The van der Waals surface area contributed by atoms with Gasteiger partial charge in [0.15, 0.2) is 12.1 Å². The molecule has 1 unspecified atom stereocenters. The quantitative estimate of drug-likeness (QED) is 0.488. The number of aliphatic hydroxyl groups excluding tert-OH is 1. The largest absolute Gasteiger partial charge is 0.489 e. The third kappa shape index (κ3) is 3.99. The molecule has 1 aromatic heterocycles. The van der Waals surface area contributed by atoms with Crippen LogP contribution in [-0.2, 0) is 11.2 Å². The Hall–Kier alpha value is -2.94. The molecule has 1 amide bonds. The second kappa shape index (κ2) is 7.97. The molecular formula is C19H18ClN5O3. The van der Waals surface area contributed by atoms with Crippen LogP contribution in [0.3, 0.4) is 0 Å². The zero-order valence-electron chi connectivity index (χ0n) is 14.7. The number of fused-ring (bicyclic) bond motifs is 1. The van der Waals surface area contributed by atoms with Crippen molar-refractivity contribution in [1.82, 2.24) is 20.5 Å². The van der Waals surface area contributed by atoms with Crippen LogP contribution in [0, 0.1) is 0 Å². The van der Waals surface area contributed by atoms with Crippen molar-refractivity contribution in [3.63, 3.8) is 0 Å². The minimum atomic E-state index is -1.21. The van der Waals surface area contributed by atoms with Gasteiger partial charge in [-0.2, -0.15) is 0 Å². The number of ether oxygens (including phenoxy) is 1. The first-order valence-corrected chi connectivity index (χ1v) is 9.09. The zero-order valence-corrected chi connectivity index (χ0v) is 15.5. The fourth-order valence-electron chi connectivity index (χ4n) is 2.90. The minimum Gasteiger partial charge on any atom is -0.489 e. The lowest BCUT2D eigenvalue weighted by atomic mass is 10.1. The van der Waals surface area contributed by atoms with E-state index in [-0.39, 0.29) is 18.3 Å². The normalized spacial score (nSPS) is 17.2. The summed E-state index contributed by atoms with van der Waals surface area (Å²) >= 11 is 6.11. The summed E-state index contributed by atoms with van der Waals surface area (Å²) in [5.41, 5.74) is 1.48. The molecule has 8 nitrogen and oxygen atoms in total. The van der Waals surface area contributed by atoms with E-state index in [4.69, 9.17) is 16.3 Å². The highest BCUT2D eigenvalue weighted by atomic mass is 35.5. The van der Waals surface area contributed by atoms with E-state index in [1.165, 1.54) is 0 Å². The topological polar surface area (TPSA) is 112 Å². The number of H-pyrrole nitrogens is 1. The van der Waals surface area contributed by atoms with Gasteiger partial charge < -0.3 is 20.1 Å². The van der Waals surface area contributed by atoms with Gasteiger partial charge in [-0.05, 0) is 17.7 Å². The summed E-state index contributed by atoms with van der Waals surface area (Å²) in [5, 5.41) is 24.3. The van der Waals surface area contributed by atoms with E-state index in [0.29, 0.717) is 28.7 Å². The number of rotatable bonds is 5. The Morgan fingerprint density at radius 2 is 2.04 bits per heavy atom. The summed E-state index contributed by atoms with van der Waals surface area (Å²) in [5.74, 6) is 0.945. The number of benzene rings is 2. The molecule has 0 fully saturated rings. The Labute approximate surface area is 165 Å². The minimum absolute atomic E-state index is 0.0290. The molecule has 0 bridgehead atoms. The summed E-state index contributed by atoms with van der Waals surface area (Å²) in [7, 11) is 0. The second-order valence-corrected chi connectivity index (χ2v) is 6.76. The number of amides is 1. The number of para-hydroxylation sites is 1. The Morgan fingerprint density at radius 1 is 1.21 bits per heavy atom. The molecule has 1 aliphatic heterocycles. The van der Waals surface area contributed by atoms with Gasteiger partial charge in [0.2, 0.25) is 5.91 Å². The highest BCUT2D eigenvalue weighted by molar-refractivity contribution is 6.34. The number of carbonyl (C=O) groups excluding carboxylic acids is 1. The molecule has 2 heterocycles. The molecule has 28 heavy (non-hydrogen) atoms. The maximum atomic E-state index is 12.5. The fraction of sp³-hybridized carbons (Fsp3) is 0.211. The summed E-state index contributed by atoms with van der Waals surface area (Å²) < 4.78 is 5.65. The molecule has 2 aromatic carbocycles.